The summed E-state index contributed by atoms with van der Waals surface area (Å²) in [6.45, 7) is 0.698. The van der Waals surface area contributed by atoms with Crippen LogP contribution in [0.2, 0.25) is 0 Å². The molecule has 1 heterocycles. The van der Waals surface area contributed by atoms with Gasteiger partial charge in [-0.1, -0.05) is 28.1 Å². The Morgan fingerprint density at radius 1 is 1.47 bits per heavy atom. The molecule has 19 heavy (non-hydrogen) atoms. The van der Waals surface area contributed by atoms with Crippen molar-refractivity contribution >= 4 is 33.2 Å². The molecule has 0 saturated heterocycles. The van der Waals surface area contributed by atoms with E-state index in [0.29, 0.717) is 6.54 Å². The fraction of sp³-hybridized carbons (Fsp3) is 0.214. The molecule has 5 heteroatoms. The van der Waals surface area contributed by atoms with Crippen LogP contribution in [0.3, 0.4) is 0 Å². The number of nitrogens with zero attached hydrogens (tertiary/aromatic N) is 1. The van der Waals surface area contributed by atoms with Crippen LogP contribution in [0, 0.1) is 0 Å². The Morgan fingerprint density at radius 3 is 2.84 bits per heavy atom. The number of carbonyl (C=O) groups excluding carboxylic acids is 1. The minimum Gasteiger partial charge on any atom is -0.368 e. The van der Waals surface area contributed by atoms with E-state index in [4.69, 9.17) is 5.73 Å². The van der Waals surface area contributed by atoms with Crippen molar-refractivity contribution in [1.82, 2.24) is 4.90 Å². The molecule has 2 N–H and O–H groups in total. The minimum absolute atomic E-state index is 0.337. The summed E-state index contributed by atoms with van der Waals surface area (Å²) in [5.74, 6) is -0.337. The van der Waals surface area contributed by atoms with E-state index >= 15 is 0 Å². The summed E-state index contributed by atoms with van der Waals surface area (Å²) in [4.78, 5) is 13.7. The summed E-state index contributed by atoms with van der Waals surface area (Å²) in [7, 11) is 1.91. The number of hydrogen-bond donors (Lipinski definition) is 1. The van der Waals surface area contributed by atoms with Crippen LogP contribution in [0.5, 0.6) is 0 Å². The van der Waals surface area contributed by atoms with Crippen molar-refractivity contribution in [3.8, 4) is 0 Å². The number of halogens is 1. The number of amides is 1. The normalized spacial score (nSPS) is 12.6. The third-order valence-corrected chi connectivity index (χ3v) is 4.11. The number of hydrogen-bond acceptors (Lipinski definition) is 3. The SMILES string of the molecule is CN(Cc1ccsc1)[C@@H](C(N)=O)c1cccc(Br)c1. The van der Waals surface area contributed by atoms with Crippen LogP contribution in [0.25, 0.3) is 0 Å². The van der Waals surface area contributed by atoms with E-state index in [1.165, 1.54) is 5.56 Å². The smallest absolute Gasteiger partial charge is 0.239 e. The van der Waals surface area contributed by atoms with Crippen LogP contribution >= 0.6 is 27.3 Å². The third-order valence-electron chi connectivity index (χ3n) is 2.89. The standard InChI is InChI=1S/C14H15BrN2OS/c1-17(8-10-5-6-19-9-10)13(14(16)18)11-3-2-4-12(15)7-11/h2-7,9,13H,8H2,1H3,(H2,16,18)/t13-/m1/s1. The van der Waals surface area contributed by atoms with Gasteiger partial charge in [0.1, 0.15) is 6.04 Å². The van der Waals surface area contributed by atoms with Gasteiger partial charge in [-0.05, 0) is 47.1 Å². The second-order valence-corrected chi connectivity index (χ2v) is 6.10. The molecule has 0 fully saturated rings. The number of thiophene rings is 1. The van der Waals surface area contributed by atoms with E-state index in [-0.39, 0.29) is 5.91 Å². The molecule has 1 amide bonds. The second kappa shape index (κ2) is 6.32. The maximum Gasteiger partial charge on any atom is 0.239 e. The van der Waals surface area contributed by atoms with E-state index in [1.807, 2.05) is 41.6 Å². The van der Waals surface area contributed by atoms with Gasteiger partial charge < -0.3 is 5.73 Å². The number of carbonyl (C=O) groups is 1. The Hall–Kier alpha value is -1.17. The Kier molecular flexibility index (Phi) is 4.74. The fourth-order valence-corrected chi connectivity index (χ4v) is 3.15. The largest absolute Gasteiger partial charge is 0.368 e. The van der Waals surface area contributed by atoms with Gasteiger partial charge in [0.2, 0.25) is 5.91 Å². The molecule has 0 aliphatic heterocycles. The molecular weight excluding hydrogens is 324 g/mol. The molecule has 1 aromatic carbocycles. The molecule has 3 nitrogen and oxygen atoms in total. The first kappa shape index (κ1) is 14.2. The molecule has 2 aromatic rings. The van der Waals surface area contributed by atoms with E-state index in [0.717, 1.165) is 10.0 Å². The fourth-order valence-electron chi connectivity index (χ4n) is 2.07. The number of likely N-dealkylation sites (N-methyl/N-ethyl adjacent to an activating group) is 1. The van der Waals surface area contributed by atoms with Gasteiger partial charge in [-0.2, -0.15) is 11.3 Å². The van der Waals surface area contributed by atoms with Crippen molar-refractivity contribution in [2.75, 3.05) is 7.05 Å². The molecule has 0 bridgehead atoms. The maximum absolute atomic E-state index is 11.7. The van der Waals surface area contributed by atoms with Crippen molar-refractivity contribution in [1.29, 1.82) is 0 Å². The van der Waals surface area contributed by atoms with Crippen molar-refractivity contribution in [3.05, 3.63) is 56.7 Å². The molecule has 0 aliphatic carbocycles. The number of benzene rings is 1. The van der Waals surface area contributed by atoms with E-state index in [9.17, 15) is 4.79 Å². The highest BCUT2D eigenvalue weighted by molar-refractivity contribution is 9.10. The van der Waals surface area contributed by atoms with Crippen LogP contribution in [0.15, 0.2) is 45.6 Å². The van der Waals surface area contributed by atoms with Crippen molar-refractivity contribution in [3.63, 3.8) is 0 Å². The van der Waals surface area contributed by atoms with Crippen LogP contribution in [0.1, 0.15) is 17.2 Å². The topological polar surface area (TPSA) is 46.3 Å². The number of rotatable bonds is 5. The maximum atomic E-state index is 11.7. The lowest BCUT2D eigenvalue weighted by molar-refractivity contribution is -0.123. The van der Waals surface area contributed by atoms with E-state index in [1.54, 1.807) is 11.3 Å². The second-order valence-electron chi connectivity index (χ2n) is 4.41. The van der Waals surface area contributed by atoms with Gasteiger partial charge in [0.05, 0.1) is 0 Å². The Bertz CT molecular complexity index is 556. The molecule has 100 valence electrons. The van der Waals surface area contributed by atoms with E-state index < -0.39 is 6.04 Å². The average Bonchev–Trinajstić information content (AvgIpc) is 2.81. The molecule has 1 atom stereocenters. The lowest BCUT2D eigenvalue weighted by Crippen LogP contribution is -2.34. The van der Waals surface area contributed by atoms with Crippen LogP contribution in [-0.2, 0) is 11.3 Å². The summed E-state index contributed by atoms with van der Waals surface area (Å²) < 4.78 is 0.945. The van der Waals surface area contributed by atoms with Gasteiger partial charge in [-0.25, -0.2) is 0 Å². The van der Waals surface area contributed by atoms with Gasteiger partial charge in [0.25, 0.3) is 0 Å². The van der Waals surface area contributed by atoms with Gasteiger partial charge in [0, 0.05) is 11.0 Å². The highest BCUT2D eigenvalue weighted by atomic mass is 79.9. The van der Waals surface area contributed by atoms with Crippen molar-refractivity contribution in [2.24, 2.45) is 5.73 Å². The minimum atomic E-state index is -0.419. The molecule has 2 rings (SSSR count). The summed E-state index contributed by atoms with van der Waals surface area (Å²) in [6.07, 6.45) is 0. The first-order valence-electron chi connectivity index (χ1n) is 5.84. The highest BCUT2D eigenvalue weighted by Gasteiger charge is 2.23. The average molecular weight is 339 g/mol. The third kappa shape index (κ3) is 3.65. The molecular formula is C14H15BrN2OS. The van der Waals surface area contributed by atoms with Gasteiger partial charge >= 0.3 is 0 Å². The Labute approximate surface area is 125 Å². The Morgan fingerprint density at radius 2 is 2.26 bits per heavy atom. The first-order chi connectivity index (χ1) is 9.08. The monoisotopic (exact) mass is 338 g/mol. The summed E-state index contributed by atoms with van der Waals surface area (Å²) in [5.41, 5.74) is 7.65. The van der Waals surface area contributed by atoms with Crippen molar-refractivity contribution < 1.29 is 4.79 Å². The van der Waals surface area contributed by atoms with E-state index in [2.05, 4.69) is 27.4 Å². The predicted molar refractivity (Wildman–Crippen MR) is 81.9 cm³/mol. The zero-order valence-corrected chi connectivity index (χ0v) is 12.9. The molecule has 0 spiro atoms. The van der Waals surface area contributed by atoms with Gasteiger partial charge in [-0.15, -0.1) is 0 Å². The molecule has 1 aromatic heterocycles. The molecule has 0 unspecified atom stereocenters. The van der Waals surface area contributed by atoms with Crippen LogP contribution < -0.4 is 5.73 Å². The van der Waals surface area contributed by atoms with Gasteiger partial charge in [-0.3, -0.25) is 9.69 Å². The molecule has 0 saturated carbocycles. The van der Waals surface area contributed by atoms with Crippen LogP contribution in [0.4, 0.5) is 0 Å². The molecule has 0 radical (unpaired) electrons. The summed E-state index contributed by atoms with van der Waals surface area (Å²) in [6, 6.07) is 9.33. The quantitative estimate of drug-likeness (QED) is 0.910. The van der Waals surface area contributed by atoms with Gasteiger partial charge in [0.15, 0.2) is 0 Å². The molecule has 0 aliphatic rings. The summed E-state index contributed by atoms with van der Waals surface area (Å²) >= 11 is 5.07. The lowest BCUT2D eigenvalue weighted by atomic mass is 10.0. The number of nitrogens with two attached hydrogens (primary N) is 1. The summed E-state index contributed by atoms with van der Waals surface area (Å²) in [5, 5.41) is 4.11. The zero-order valence-electron chi connectivity index (χ0n) is 10.5. The van der Waals surface area contributed by atoms with Crippen molar-refractivity contribution in [2.45, 2.75) is 12.6 Å². The first-order valence-corrected chi connectivity index (χ1v) is 7.57. The zero-order chi connectivity index (χ0) is 13.8. The Balaban J connectivity index is 2.22. The number of primary amides is 1. The predicted octanol–water partition coefficient (Wildman–Crippen LogP) is 3.17. The highest BCUT2D eigenvalue weighted by Crippen LogP contribution is 2.24. The lowest BCUT2D eigenvalue weighted by Gasteiger charge is -2.25. The van der Waals surface area contributed by atoms with Crippen LogP contribution in [-0.4, -0.2) is 17.9 Å².